The second kappa shape index (κ2) is 9.06. The monoisotopic (exact) mass is 477 g/mol. The number of nitrogens with one attached hydrogen (secondary N) is 2. The van der Waals surface area contributed by atoms with Crippen molar-refractivity contribution in [2.24, 2.45) is 5.10 Å². The molecule has 0 spiro atoms. The SMILES string of the molecule is COc1cc(/C=N/NC(=O)c2[nH]c3ccccc3c2-c2ccccc2)cc(OC)c1Br. The van der Waals surface area contributed by atoms with Crippen LogP contribution in [0.1, 0.15) is 16.1 Å². The van der Waals surface area contributed by atoms with Crippen molar-refractivity contribution in [2.75, 3.05) is 14.2 Å². The molecule has 1 heterocycles. The van der Waals surface area contributed by atoms with Crippen molar-refractivity contribution < 1.29 is 14.3 Å². The molecule has 0 saturated carbocycles. The average Bonchev–Trinajstić information content (AvgIpc) is 3.20. The molecule has 4 aromatic rings. The maximum Gasteiger partial charge on any atom is 0.288 e. The van der Waals surface area contributed by atoms with E-state index in [2.05, 4.69) is 31.4 Å². The maximum absolute atomic E-state index is 13.0. The number of methoxy groups -OCH3 is 2. The van der Waals surface area contributed by atoms with Gasteiger partial charge in [0.1, 0.15) is 21.7 Å². The van der Waals surface area contributed by atoms with E-state index in [1.165, 1.54) is 0 Å². The number of amides is 1. The van der Waals surface area contributed by atoms with Crippen molar-refractivity contribution in [1.82, 2.24) is 10.4 Å². The van der Waals surface area contributed by atoms with E-state index < -0.39 is 0 Å². The lowest BCUT2D eigenvalue weighted by atomic mass is 10.0. The van der Waals surface area contributed by atoms with Gasteiger partial charge in [-0.25, -0.2) is 5.43 Å². The second-order valence-corrected chi connectivity index (χ2v) is 7.52. The van der Waals surface area contributed by atoms with Crippen LogP contribution < -0.4 is 14.9 Å². The van der Waals surface area contributed by atoms with E-state index in [-0.39, 0.29) is 5.91 Å². The third kappa shape index (κ3) is 4.18. The minimum atomic E-state index is -0.331. The van der Waals surface area contributed by atoms with Crippen LogP contribution in [0.3, 0.4) is 0 Å². The highest BCUT2D eigenvalue weighted by Crippen LogP contribution is 2.35. The molecular weight excluding hydrogens is 458 g/mol. The Morgan fingerprint density at radius 2 is 1.65 bits per heavy atom. The van der Waals surface area contributed by atoms with E-state index in [9.17, 15) is 4.79 Å². The lowest BCUT2D eigenvalue weighted by Crippen LogP contribution is -2.18. The standard InChI is InChI=1S/C24H20BrN3O3/c1-30-19-12-15(13-20(31-2)22(19)25)14-26-28-24(29)23-21(16-8-4-3-5-9-16)17-10-6-7-11-18(17)27-23/h3-14,27H,1-2H3,(H,28,29)/b26-14+. The number of rotatable bonds is 6. The maximum atomic E-state index is 13.0. The molecule has 0 fully saturated rings. The number of aromatic nitrogens is 1. The number of ether oxygens (including phenoxy) is 2. The summed E-state index contributed by atoms with van der Waals surface area (Å²) in [5.74, 6) is 0.880. The van der Waals surface area contributed by atoms with Crippen molar-refractivity contribution in [3.63, 3.8) is 0 Å². The predicted molar refractivity (Wildman–Crippen MR) is 126 cm³/mol. The molecule has 2 N–H and O–H groups in total. The number of hydrogen-bond donors (Lipinski definition) is 2. The number of H-pyrrole nitrogens is 1. The van der Waals surface area contributed by atoms with Gasteiger partial charge in [0.2, 0.25) is 0 Å². The summed E-state index contributed by atoms with van der Waals surface area (Å²) in [6.45, 7) is 0. The first kappa shape index (κ1) is 20.7. The van der Waals surface area contributed by atoms with Crippen LogP contribution in [0.15, 0.2) is 76.3 Å². The van der Waals surface area contributed by atoms with E-state index >= 15 is 0 Å². The molecule has 0 unspecified atom stereocenters. The minimum absolute atomic E-state index is 0.331. The van der Waals surface area contributed by atoms with Crippen LogP contribution in [0.5, 0.6) is 11.5 Å². The van der Waals surface area contributed by atoms with Crippen LogP contribution in [-0.2, 0) is 0 Å². The van der Waals surface area contributed by atoms with E-state index in [4.69, 9.17) is 9.47 Å². The molecule has 0 aliphatic heterocycles. The van der Waals surface area contributed by atoms with Crippen molar-refractivity contribution in [3.05, 3.63) is 82.5 Å². The largest absolute Gasteiger partial charge is 0.495 e. The number of halogens is 1. The van der Waals surface area contributed by atoms with Crippen molar-refractivity contribution in [3.8, 4) is 22.6 Å². The second-order valence-electron chi connectivity index (χ2n) is 6.73. The molecule has 0 saturated heterocycles. The van der Waals surface area contributed by atoms with Gasteiger partial charge in [0.15, 0.2) is 0 Å². The highest BCUT2D eigenvalue weighted by Gasteiger charge is 2.18. The lowest BCUT2D eigenvalue weighted by Gasteiger charge is -2.09. The third-order valence-corrected chi connectivity index (χ3v) is 5.62. The summed E-state index contributed by atoms with van der Waals surface area (Å²) in [6.07, 6.45) is 1.54. The summed E-state index contributed by atoms with van der Waals surface area (Å²) in [7, 11) is 3.15. The quantitative estimate of drug-likeness (QED) is 0.289. The van der Waals surface area contributed by atoms with Gasteiger partial charge in [-0.3, -0.25) is 4.79 Å². The number of para-hydroxylation sites is 1. The number of hydrogen-bond acceptors (Lipinski definition) is 4. The van der Waals surface area contributed by atoms with Gasteiger partial charge in [-0.05, 0) is 39.7 Å². The summed E-state index contributed by atoms with van der Waals surface area (Å²) in [5, 5.41) is 5.11. The van der Waals surface area contributed by atoms with Gasteiger partial charge in [0.25, 0.3) is 5.91 Å². The van der Waals surface area contributed by atoms with Gasteiger partial charge >= 0.3 is 0 Å². The molecule has 0 radical (unpaired) electrons. The third-order valence-electron chi connectivity index (χ3n) is 4.84. The predicted octanol–water partition coefficient (Wildman–Crippen LogP) is 5.38. The summed E-state index contributed by atoms with van der Waals surface area (Å²) in [4.78, 5) is 16.2. The molecular formula is C24H20BrN3O3. The first-order chi connectivity index (χ1) is 15.1. The van der Waals surface area contributed by atoms with Gasteiger partial charge in [-0.15, -0.1) is 0 Å². The van der Waals surface area contributed by atoms with Gasteiger partial charge < -0.3 is 14.5 Å². The number of carbonyl (C=O) groups excluding carboxylic acids is 1. The molecule has 0 bridgehead atoms. The summed E-state index contributed by atoms with van der Waals surface area (Å²) in [5.41, 5.74) is 6.47. The Balaban J connectivity index is 1.64. The number of hydrazone groups is 1. The van der Waals surface area contributed by atoms with Gasteiger partial charge in [0.05, 0.1) is 20.4 Å². The smallest absolute Gasteiger partial charge is 0.288 e. The van der Waals surface area contributed by atoms with Gasteiger partial charge in [-0.2, -0.15) is 5.10 Å². The van der Waals surface area contributed by atoms with Gasteiger partial charge in [0, 0.05) is 22.0 Å². The molecule has 1 amide bonds. The highest BCUT2D eigenvalue weighted by molar-refractivity contribution is 9.10. The summed E-state index contributed by atoms with van der Waals surface area (Å²) < 4.78 is 11.4. The Morgan fingerprint density at radius 1 is 1.00 bits per heavy atom. The van der Waals surface area contributed by atoms with E-state index in [0.29, 0.717) is 21.7 Å². The molecule has 6 nitrogen and oxygen atoms in total. The van der Waals surface area contributed by atoms with Crippen LogP contribution in [-0.4, -0.2) is 31.3 Å². The Kier molecular flexibility index (Phi) is 6.04. The molecule has 31 heavy (non-hydrogen) atoms. The van der Waals surface area contributed by atoms with E-state index in [1.807, 2.05) is 54.6 Å². The number of fused-ring (bicyclic) bond motifs is 1. The van der Waals surface area contributed by atoms with Gasteiger partial charge in [-0.1, -0.05) is 48.5 Å². The Hall–Kier alpha value is -3.58. The first-order valence-corrected chi connectivity index (χ1v) is 10.3. The number of carbonyl (C=O) groups is 1. The number of aromatic amines is 1. The normalized spacial score (nSPS) is 11.1. The van der Waals surface area contributed by atoms with Crippen LogP contribution in [0.2, 0.25) is 0 Å². The Morgan fingerprint density at radius 3 is 2.32 bits per heavy atom. The van der Waals surface area contributed by atoms with Crippen LogP contribution >= 0.6 is 15.9 Å². The van der Waals surface area contributed by atoms with Crippen molar-refractivity contribution in [1.29, 1.82) is 0 Å². The molecule has 0 aliphatic carbocycles. The minimum Gasteiger partial charge on any atom is -0.495 e. The highest BCUT2D eigenvalue weighted by atomic mass is 79.9. The van der Waals surface area contributed by atoms with Crippen molar-refractivity contribution in [2.45, 2.75) is 0 Å². The lowest BCUT2D eigenvalue weighted by molar-refractivity contribution is 0.0951. The molecule has 7 heteroatoms. The Labute approximate surface area is 188 Å². The first-order valence-electron chi connectivity index (χ1n) is 9.53. The number of nitrogens with zero attached hydrogens (tertiary/aromatic N) is 1. The zero-order valence-electron chi connectivity index (χ0n) is 17.0. The van der Waals surface area contributed by atoms with E-state index in [1.54, 1.807) is 32.6 Å². The fourth-order valence-electron chi connectivity index (χ4n) is 3.40. The summed E-state index contributed by atoms with van der Waals surface area (Å²) in [6, 6.07) is 21.2. The molecule has 4 rings (SSSR count). The molecule has 0 aliphatic rings. The molecule has 1 aromatic heterocycles. The topological polar surface area (TPSA) is 75.7 Å². The fraction of sp³-hybridized carbons (Fsp3) is 0.0833. The number of benzene rings is 3. The van der Waals surface area contributed by atoms with Crippen molar-refractivity contribution >= 4 is 39.0 Å². The fourth-order valence-corrected chi connectivity index (χ4v) is 3.96. The zero-order chi connectivity index (χ0) is 21.8. The van der Waals surface area contributed by atoms with Crippen LogP contribution in [0.4, 0.5) is 0 Å². The molecule has 3 aromatic carbocycles. The van der Waals surface area contributed by atoms with Crippen LogP contribution in [0.25, 0.3) is 22.0 Å². The zero-order valence-corrected chi connectivity index (χ0v) is 18.6. The average molecular weight is 478 g/mol. The van der Waals surface area contributed by atoms with Crippen LogP contribution in [0, 0.1) is 0 Å². The molecule has 0 atom stereocenters. The van der Waals surface area contributed by atoms with E-state index in [0.717, 1.165) is 27.6 Å². The Bertz CT molecular complexity index is 1240. The molecule has 156 valence electrons. The summed E-state index contributed by atoms with van der Waals surface area (Å²) >= 11 is 3.44.